The molecule has 0 radical (unpaired) electrons. The van der Waals surface area contributed by atoms with E-state index in [0.717, 1.165) is 15.6 Å². The highest BCUT2D eigenvalue weighted by Gasteiger charge is 2.06. The molecule has 0 atom stereocenters. The van der Waals surface area contributed by atoms with Crippen molar-refractivity contribution in [3.05, 3.63) is 53.0 Å². The zero-order chi connectivity index (χ0) is 11.7. The largest absolute Gasteiger partial charge is 0.411 e. The van der Waals surface area contributed by atoms with Crippen molar-refractivity contribution in [2.24, 2.45) is 0 Å². The molecule has 0 bridgehead atoms. The lowest BCUT2D eigenvalue weighted by atomic mass is 10.3. The maximum Gasteiger partial charge on any atom is 0.400 e. The first kappa shape index (κ1) is 10.4. The summed E-state index contributed by atoms with van der Waals surface area (Å²) in [6.45, 7) is 0. The number of hydrogen-bond donors (Lipinski definition) is 0. The van der Waals surface area contributed by atoms with Crippen LogP contribution in [0.1, 0.15) is 0 Å². The third kappa shape index (κ3) is 2.17. The number of para-hydroxylation sites is 2. The summed E-state index contributed by atoms with van der Waals surface area (Å²) in [7, 11) is 0. The fourth-order valence-corrected chi connectivity index (χ4v) is 1.76. The number of rotatable bonds is 2. The van der Waals surface area contributed by atoms with Crippen LogP contribution in [0, 0.1) is 0 Å². The van der Waals surface area contributed by atoms with Crippen LogP contribution in [-0.2, 0) is 0 Å². The van der Waals surface area contributed by atoms with Crippen LogP contribution in [0.15, 0.2) is 57.4 Å². The standard InChI is InChI=1S/C13H8BrNO2/c14-9-5-7-10(8-6-9)16-13-15-11-3-1-2-4-12(11)17-13/h1-8H. The molecule has 0 spiro atoms. The van der Waals surface area contributed by atoms with Gasteiger partial charge in [0.25, 0.3) is 0 Å². The van der Waals surface area contributed by atoms with Crippen molar-refractivity contribution in [2.75, 3.05) is 0 Å². The van der Waals surface area contributed by atoms with Gasteiger partial charge in [-0.1, -0.05) is 28.1 Å². The third-order valence-corrected chi connectivity index (χ3v) is 2.82. The number of hydrogen-bond acceptors (Lipinski definition) is 3. The Hall–Kier alpha value is -1.81. The molecule has 1 aromatic heterocycles. The number of benzene rings is 2. The molecule has 0 aliphatic carbocycles. The van der Waals surface area contributed by atoms with Crippen LogP contribution in [0.2, 0.25) is 0 Å². The zero-order valence-corrected chi connectivity index (χ0v) is 10.3. The summed E-state index contributed by atoms with van der Waals surface area (Å²) in [5.41, 5.74) is 1.51. The molecule has 3 aromatic rings. The van der Waals surface area contributed by atoms with Crippen LogP contribution in [0.3, 0.4) is 0 Å². The first-order chi connectivity index (χ1) is 8.31. The minimum absolute atomic E-state index is 0.258. The van der Waals surface area contributed by atoms with Gasteiger partial charge in [0.05, 0.1) is 0 Å². The van der Waals surface area contributed by atoms with E-state index in [4.69, 9.17) is 9.15 Å². The Morgan fingerprint density at radius 1 is 1.00 bits per heavy atom. The summed E-state index contributed by atoms with van der Waals surface area (Å²) in [6.07, 6.45) is 0.258. The summed E-state index contributed by atoms with van der Waals surface area (Å²) in [6, 6.07) is 15.0. The summed E-state index contributed by atoms with van der Waals surface area (Å²) in [5.74, 6) is 0.694. The first-order valence-electron chi connectivity index (χ1n) is 5.10. The van der Waals surface area contributed by atoms with Gasteiger partial charge in [-0.2, -0.15) is 4.98 Å². The van der Waals surface area contributed by atoms with Crippen molar-refractivity contribution in [3.63, 3.8) is 0 Å². The molecule has 3 rings (SSSR count). The Kier molecular flexibility index (Phi) is 2.57. The molecular weight excluding hydrogens is 282 g/mol. The van der Waals surface area contributed by atoms with E-state index >= 15 is 0 Å². The van der Waals surface area contributed by atoms with Crippen LogP contribution >= 0.6 is 15.9 Å². The van der Waals surface area contributed by atoms with Crippen molar-refractivity contribution >= 4 is 27.0 Å². The lowest BCUT2D eigenvalue weighted by Gasteiger charge is -1.99. The second kappa shape index (κ2) is 4.22. The van der Waals surface area contributed by atoms with Crippen molar-refractivity contribution in [1.82, 2.24) is 4.98 Å². The number of oxazole rings is 1. The summed E-state index contributed by atoms with van der Waals surface area (Å²) in [5, 5.41) is 0. The average molecular weight is 290 g/mol. The predicted octanol–water partition coefficient (Wildman–Crippen LogP) is 4.38. The number of fused-ring (bicyclic) bond motifs is 1. The lowest BCUT2D eigenvalue weighted by molar-refractivity contribution is 0.343. The van der Waals surface area contributed by atoms with E-state index in [-0.39, 0.29) is 6.08 Å². The molecule has 4 heteroatoms. The van der Waals surface area contributed by atoms with Gasteiger partial charge < -0.3 is 9.15 Å². The van der Waals surface area contributed by atoms with Gasteiger partial charge in [-0.05, 0) is 36.4 Å². The van der Waals surface area contributed by atoms with E-state index in [1.165, 1.54) is 0 Å². The Labute approximate surface area is 106 Å². The molecule has 2 aromatic carbocycles. The van der Waals surface area contributed by atoms with Crippen molar-refractivity contribution in [2.45, 2.75) is 0 Å². The maximum atomic E-state index is 5.52. The number of ether oxygens (including phenoxy) is 1. The van der Waals surface area contributed by atoms with Gasteiger partial charge in [0, 0.05) is 4.47 Å². The Balaban J connectivity index is 1.92. The van der Waals surface area contributed by atoms with E-state index in [2.05, 4.69) is 20.9 Å². The van der Waals surface area contributed by atoms with Crippen molar-refractivity contribution in [1.29, 1.82) is 0 Å². The smallest absolute Gasteiger partial charge is 0.400 e. The van der Waals surface area contributed by atoms with Gasteiger partial charge in [-0.3, -0.25) is 0 Å². The molecule has 0 unspecified atom stereocenters. The van der Waals surface area contributed by atoms with Gasteiger partial charge in [0.2, 0.25) is 0 Å². The SMILES string of the molecule is Brc1ccc(Oc2nc3ccccc3o2)cc1. The Morgan fingerprint density at radius 3 is 2.53 bits per heavy atom. The third-order valence-electron chi connectivity index (χ3n) is 2.29. The highest BCUT2D eigenvalue weighted by atomic mass is 79.9. The van der Waals surface area contributed by atoms with Crippen molar-refractivity contribution < 1.29 is 9.15 Å². The highest BCUT2D eigenvalue weighted by molar-refractivity contribution is 9.10. The topological polar surface area (TPSA) is 35.3 Å². The van der Waals surface area contributed by atoms with E-state index in [1.54, 1.807) is 0 Å². The summed E-state index contributed by atoms with van der Waals surface area (Å²) >= 11 is 3.36. The van der Waals surface area contributed by atoms with Gasteiger partial charge in [-0.25, -0.2) is 0 Å². The van der Waals surface area contributed by atoms with Crippen LogP contribution < -0.4 is 4.74 Å². The quantitative estimate of drug-likeness (QED) is 0.702. The molecular formula is C13H8BrNO2. The normalized spacial score (nSPS) is 10.6. The highest BCUT2D eigenvalue weighted by Crippen LogP contribution is 2.25. The molecule has 3 nitrogen and oxygen atoms in total. The molecule has 17 heavy (non-hydrogen) atoms. The summed E-state index contributed by atoms with van der Waals surface area (Å²) < 4.78 is 12.0. The summed E-state index contributed by atoms with van der Waals surface area (Å²) in [4.78, 5) is 4.23. The van der Waals surface area contributed by atoms with E-state index in [0.29, 0.717) is 5.75 Å². The van der Waals surface area contributed by atoms with Crippen LogP contribution in [0.25, 0.3) is 11.1 Å². The monoisotopic (exact) mass is 289 g/mol. The molecule has 0 aliphatic rings. The molecule has 1 heterocycles. The van der Waals surface area contributed by atoms with Gasteiger partial charge in [0.1, 0.15) is 11.3 Å². The Bertz CT molecular complexity index is 613. The number of aromatic nitrogens is 1. The molecule has 0 aliphatic heterocycles. The maximum absolute atomic E-state index is 5.52. The fourth-order valence-electron chi connectivity index (χ4n) is 1.50. The molecule has 0 N–H and O–H groups in total. The Morgan fingerprint density at radius 2 is 1.76 bits per heavy atom. The molecule has 0 saturated carbocycles. The van der Waals surface area contributed by atoms with Crippen LogP contribution in [0.5, 0.6) is 11.8 Å². The predicted molar refractivity (Wildman–Crippen MR) is 68.2 cm³/mol. The second-order valence-corrected chi connectivity index (χ2v) is 4.42. The lowest BCUT2D eigenvalue weighted by Crippen LogP contribution is -1.82. The zero-order valence-electron chi connectivity index (χ0n) is 8.76. The van der Waals surface area contributed by atoms with E-state index in [1.807, 2.05) is 48.5 Å². The minimum Gasteiger partial charge on any atom is -0.411 e. The number of halogens is 1. The molecule has 0 fully saturated rings. The molecule has 0 amide bonds. The molecule has 0 saturated heterocycles. The fraction of sp³-hybridized carbons (Fsp3) is 0. The van der Waals surface area contributed by atoms with Gasteiger partial charge in [0.15, 0.2) is 5.58 Å². The van der Waals surface area contributed by atoms with Crippen LogP contribution in [0.4, 0.5) is 0 Å². The van der Waals surface area contributed by atoms with Gasteiger partial charge in [-0.15, -0.1) is 0 Å². The van der Waals surface area contributed by atoms with Crippen molar-refractivity contribution in [3.8, 4) is 11.8 Å². The van der Waals surface area contributed by atoms with E-state index < -0.39 is 0 Å². The first-order valence-corrected chi connectivity index (χ1v) is 5.89. The van der Waals surface area contributed by atoms with E-state index in [9.17, 15) is 0 Å². The second-order valence-electron chi connectivity index (χ2n) is 3.50. The van der Waals surface area contributed by atoms with Crippen LogP contribution in [-0.4, -0.2) is 4.98 Å². The van der Waals surface area contributed by atoms with Gasteiger partial charge >= 0.3 is 6.08 Å². The minimum atomic E-state index is 0.258. The molecule has 84 valence electrons. The number of nitrogens with zero attached hydrogens (tertiary/aromatic N) is 1. The average Bonchev–Trinajstić information content (AvgIpc) is 2.74.